The van der Waals surface area contributed by atoms with Crippen LogP contribution in [-0.2, 0) is 24.4 Å². The van der Waals surface area contributed by atoms with Gasteiger partial charge in [0.2, 0.25) is 0 Å². The molecule has 3 heterocycles. The molecule has 1 N–H and O–H groups in total. The summed E-state index contributed by atoms with van der Waals surface area (Å²) in [4.78, 5) is 18.7. The Labute approximate surface area is 222 Å². The number of aromatic amines is 1. The number of methoxy groups -OCH3 is 1. The van der Waals surface area contributed by atoms with E-state index in [4.69, 9.17) is 9.47 Å². The van der Waals surface area contributed by atoms with Crippen LogP contribution in [0.4, 0.5) is 0 Å². The van der Waals surface area contributed by atoms with Crippen LogP contribution < -0.4 is 10.3 Å². The number of aromatic nitrogens is 5. The first kappa shape index (κ1) is 26.1. The Bertz CT molecular complexity index is 1460. The number of rotatable bonds is 10. The van der Waals surface area contributed by atoms with Crippen molar-refractivity contribution in [1.29, 1.82) is 0 Å². The average Bonchev–Trinajstić information content (AvgIpc) is 3.61. The molecule has 1 aliphatic rings. The summed E-state index contributed by atoms with van der Waals surface area (Å²) in [5.74, 6) is 1.59. The number of para-hydroxylation sites is 1. The Balaban J connectivity index is 1.55. The SMILES string of the molecule is CC[C@H](c1nnnn1C[C@@H]1CCCO1)N(Cc1ccccc1OC)Cc1cc2c(C)ccc(C)c2[nH]c1=O. The van der Waals surface area contributed by atoms with Crippen LogP contribution in [0.15, 0.2) is 47.3 Å². The molecule has 2 atom stereocenters. The summed E-state index contributed by atoms with van der Waals surface area (Å²) >= 11 is 0. The van der Waals surface area contributed by atoms with Crippen LogP contribution in [0.5, 0.6) is 5.75 Å². The zero-order valence-electron chi connectivity index (χ0n) is 22.6. The van der Waals surface area contributed by atoms with Gasteiger partial charge in [0.1, 0.15) is 5.75 Å². The summed E-state index contributed by atoms with van der Waals surface area (Å²) in [7, 11) is 1.68. The van der Waals surface area contributed by atoms with E-state index in [9.17, 15) is 4.79 Å². The Hall–Kier alpha value is -3.56. The zero-order valence-corrected chi connectivity index (χ0v) is 22.6. The van der Waals surface area contributed by atoms with Gasteiger partial charge in [-0.25, -0.2) is 4.68 Å². The number of hydrogen-bond donors (Lipinski definition) is 1. The standard InChI is InChI=1S/C29H36N6O3/c1-5-25(28-31-32-33-35(28)18-23-10-8-14-38-23)34(16-21-9-6-7-11-26(21)37-4)17-22-15-24-19(2)12-13-20(3)27(24)30-29(22)36/h6-7,9,11-13,15,23,25H,5,8,10,14,16-18H2,1-4H3,(H,30,36)/t23-,25+/m0/s1. The number of ether oxygens (including phenoxy) is 2. The summed E-state index contributed by atoms with van der Waals surface area (Å²) in [5, 5.41) is 13.9. The van der Waals surface area contributed by atoms with Crippen molar-refractivity contribution >= 4 is 10.9 Å². The minimum atomic E-state index is -0.120. The number of pyridine rings is 1. The third-order valence-corrected chi connectivity index (χ3v) is 7.55. The highest BCUT2D eigenvalue weighted by molar-refractivity contribution is 5.85. The maximum atomic E-state index is 13.3. The predicted octanol–water partition coefficient (Wildman–Crippen LogP) is 4.47. The fourth-order valence-electron chi connectivity index (χ4n) is 5.45. The van der Waals surface area contributed by atoms with Crippen molar-refractivity contribution in [2.24, 2.45) is 0 Å². The van der Waals surface area contributed by atoms with Crippen LogP contribution in [0.1, 0.15) is 60.3 Å². The van der Waals surface area contributed by atoms with Gasteiger partial charge in [-0.2, -0.15) is 0 Å². The third-order valence-electron chi connectivity index (χ3n) is 7.55. The highest BCUT2D eigenvalue weighted by Crippen LogP contribution is 2.30. The highest BCUT2D eigenvalue weighted by Gasteiger charge is 2.28. The van der Waals surface area contributed by atoms with E-state index < -0.39 is 0 Å². The van der Waals surface area contributed by atoms with Gasteiger partial charge in [-0.1, -0.05) is 37.3 Å². The number of H-pyrrole nitrogens is 1. The second kappa shape index (κ2) is 11.4. The molecule has 1 aliphatic heterocycles. The average molecular weight is 517 g/mol. The molecule has 0 aliphatic carbocycles. The monoisotopic (exact) mass is 516 g/mol. The second-order valence-corrected chi connectivity index (χ2v) is 10.1. The molecule has 0 unspecified atom stereocenters. The quantitative estimate of drug-likeness (QED) is 0.332. The molecule has 4 aromatic rings. The Kier molecular flexibility index (Phi) is 7.85. The van der Waals surface area contributed by atoms with E-state index in [1.807, 2.05) is 41.9 Å². The van der Waals surface area contributed by atoms with Crippen LogP contribution in [-0.4, -0.2) is 49.9 Å². The smallest absolute Gasteiger partial charge is 0.252 e. The summed E-state index contributed by atoms with van der Waals surface area (Å²) < 4.78 is 13.4. The number of hydrogen-bond acceptors (Lipinski definition) is 7. The molecule has 0 spiro atoms. The summed E-state index contributed by atoms with van der Waals surface area (Å²) in [6, 6.07) is 14.1. The first-order valence-corrected chi connectivity index (χ1v) is 13.3. The van der Waals surface area contributed by atoms with Crippen molar-refractivity contribution < 1.29 is 9.47 Å². The van der Waals surface area contributed by atoms with E-state index in [1.165, 1.54) is 0 Å². The van der Waals surface area contributed by atoms with E-state index in [1.54, 1.807) is 7.11 Å². The van der Waals surface area contributed by atoms with E-state index in [0.717, 1.165) is 65.0 Å². The molecule has 9 heteroatoms. The van der Waals surface area contributed by atoms with Crippen molar-refractivity contribution in [2.45, 2.75) is 71.8 Å². The number of aryl methyl sites for hydroxylation is 2. The molecule has 1 saturated heterocycles. The van der Waals surface area contributed by atoms with E-state index in [2.05, 4.69) is 51.4 Å². The van der Waals surface area contributed by atoms with Crippen molar-refractivity contribution in [1.82, 2.24) is 30.1 Å². The zero-order chi connectivity index (χ0) is 26.6. The normalized spacial score (nSPS) is 16.4. The largest absolute Gasteiger partial charge is 0.496 e. The summed E-state index contributed by atoms with van der Waals surface area (Å²) in [6.45, 7) is 8.63. The fraction of sp³-hybridized carbons (Fsp3) is 0.448. The van der Waals surface area contributed by atoms with Crippen molar-refractivity contribution in [3.05, 3.63) is 80.9 Å². The number of nitrogens with zero attached hydrogens (tertiary/aromatic N) is 5. The first-order valence-electron chi connectivity index (χ1n) is 13.3. The Morgan fingerprint density at radius 1 is 1.16 bits per heavy atom. The van der Waals surface area contributed by atoms with Crippen LogP contribution in [0, 0.1) is 13.8 Å². The lowest BCUT2D eigenvalue weighted by molar-refractivity contribution is 0.0887. The molecule has 0 bridgehead atoms. The van der Waals surface area contributed by atoms with Gasteiger partial charge < -0.3 is 14.5 Å². The van der Waals surface area contributed by atoms with Gasteiger partial charge in [0.25, 0.3) is 5.56 Å². The molecular formula is C29H36N6O3. The van der Waals surface area contributed by atoms with Crippen molar-refractivity contribution in [3.8, 4) is 5.75 Å². The molecule has 200 valence electrons. The van der Waals surface area contributed by atoms with Crippen LogP contribution in [0.2, 0.25) is 0 Å². The molecular weight excluding hydrogens is 480 g/mol. The lowest BCUT2D eigenvalue weighted by Gasteiger charge is -2.31. The molecule has 9 nitrogen and oxygen atoms in total. The van der Waals surface area contributed by atoms with Gasteiger partial charge in [0, 0.05) is 36.2 Å². The van der Waals surface area contributed by atoms with Gasteiger partial charge in [-0.05, 0) is 66.8 Å². The Morgan fingerprint density at radius 2 is 1.95 bits per heavy atom. The Morgan fingerprint density at radius 3 is 2.71 bits per heavy atom. The highest BCUT2D eigenvalue weighted by atomic mass is 16.5. The minimum Gasteiger partial charge on any atom is -0.496 e. The minimum absolute atomic E-state index is 0.0787. The number of nitrogens with one attached hydrogen (secondary N) is 1. The van der Waals surface area contributed by atoms with E-state index >= 15 is 0 Å². The molecule has 0 radical (unpaired) electrons. The van der Waals surface area contributed by atoms with Crippen molar-refractivity contribution in [2.75, 3.05) is 13.7 Å². The lowest BCUT2D eigenvalue weighted by Crippen LogP contribution is -2.33. The van der Waals surface area contributed by atoms with Gasteiger partial charge in [0.05, 0.1) is 31.3 Å². The van der Waals surface area contributed by atoms with E-state index in [-0.39, 0.29) is 17.7 Å². The molecule has 2 aromatic heterocycles. The van der Waals surface area contributed by atoms with Crippen LogP contribution >= 0.6 is 0 Å². The van der Waals surface area contributed by atoms with Crippen molar-refractivity contribution in [3.63, 3.8) is 0 Å². The van der Waals surface area contributed by atoms with Gasteiger partial charge >= 0.3 is 0 Å². The summed E-state index contributed by atoms with van der Waals surface area (Å²) in [6.07, 6.45) is 2.95. The summed E-state index contributed by atoms with van der Waals surface area (Å²) in [5.41, 5.74) is 4.74. The number of tetrazole rings is 1. The second-order valence-electron chi connectivity index (χ2n) is 10.1. The molecule has 0 amide bonds. The van der Waals surface area contributed by atoms with Gasteiger partial charge in [-0.3, -0.25) is 9.69 Å². The van der Waals surface area contributed by atoms with E-state index in [0.29, 0.717) is 25.2 Å². The van der Waals surface area contributed by atoms with Crippen LogP contribution in [0.25, 0.3) is 10.9 Å². The van der Waals surface area contributed by atoms with Gasteiger partial charge in [-0.15, -0.1) is 5.10 Å². The molecule has 0 saturated carbocycles. The number of fused-ring (bicyclic) bond motifs is 1. The maximum absolute atomic E-state index is 13.3. The first-order chi connectivity index (χ1) is 18.5. The topological polar surface area (TPSA) is 98.2 Å². The predicted molar refractivity (Wildman–Crippen MR) is 146 cm³/mol. The number of benzene rings is 2. The maximum Gasteiger partial charge on any atom is 0.252 e. The third kappa shape index (κ3) is 5.35. The fourth-order valence-corrected chi connectivity index (χ4v) is 5.45. The lowest BCUT2D eigenvalue weighted by atomic mass is 10.0. The molecule has 1 fully saturated rings. The molecule has 2 aromatic carbocycles. The van der Waals surface area contributed by atoms with Crippen LogP contribution in [0.3, 0.4) is 0 Å². The van der Waals surface area contributed by atoms with Gasteiger partial charge in [0.15, 0.2) is 5.82 Å². The molecule has 38 heavy (non-hydrogen) atoms. The molecule has 5 rings (SSSR count).